The molecule has 0 aliphatic rings. The molecule has 0 saturated carbocycles. The van der Waals surface area contributed by atoms with Crippen LogP contribution >= 0.6 is 56.7 Å². The molecule has 0 saturated heterocycles. The Labute approximate surface area is 619 Å². The quantitative estimate of drug-likeness (QED) is 0.162. The highest BCUT2D eigenvalue weighted by molar-refractivity contribution is 7.23. The first-order chi connectivity index (χ1) is 48.5. The van der Waals surface area contributed by atoms with Crippen LogP contribution < -0.4 is 0 Å². The zero-order valence-corrected chi connectivity index (χ0v) is 67.3. The molecule has 13 nitrogen and oxygen atoms in total. The van der Waals surface area contributed by atoms with Crippen molar-refractivity contribution in [2.45, 2.75) is 96.9 Å². The van der Waals surface area contributed by atoms with Crippen LogP contribution in [-0.4, -0.2) is 128 Å². The van der Waals surface area contributed by atoms with Crippen molar-refractivity contribution in [3.8, 4) is 53.0 Å². The first kappa shape index (κ1) is 81.1. The van der Waals surface area contributed by atoms with Gasteiger partial charge in [0.1, 0.15) is 25.0 Å². The number of fused-ring (bicyclic) bond motifs is 5. The minimum atomic E-state index is 0.951. The second-order valence-electron chi connectivity index (χ2n) is 24.7. The Bertz CT molecular complexity index is 4030. The van der Waals surface area contributed by atoms with Crippen LogP contribution in [0.4, 0.5) is 0 Å². The Balaban J connectivity index is 0.000000188. The molecule has 101 heavy (non-hydrogen) atoms. The van der Waals surface area contributed by atoms with Crippen LogP contribution in [0.15, 0.2) is 183 Å². The van der Waals surface area contributed by atoms with Gasteiger partial charge in [0.15, 0.2) is 0 Å². The van der Waals surface area contributed by atoms with Gasteiger partial charge in [0.25, 0.3) is 0 Å². The van der Waals surface area contributed by atoms with Gasteiger partial charge in [-0.3, -0.25) is 24.9 Å². The van der Waals surface area contributed by atoms with Gasteiger partial charge in [0, 0.05) is 78.0 Å². The molecule has 5 aromatic carbocycles. The molecule has 0 radical (unpaired) electrons. The first-order valence-electron chi connectivity index (χ1n) is 33.7. The predicted molar refractivity (Wildman–Crippen MR) is 443 cm³/mol. The molecule has 0 spiro atoms. The van der Waals surface area contributed by atoms with Crippen molar-refractivity contribution >= 4 is 108 Å². The third-order valence-corrected chi connectivity index (χ3v) is 20.4. The minimum absolute atomic E-state index is 0.951. The molecule has 0 atom stereocenters. The SMILES string of the molecule is CC.CC.CN(C)C.CN(C)C.CN(C)C.Cc1ccc(C)c2sc(-c3ccccn3)nc12.Cc1ccc(C)c2sc(-c3cccnc3)nc12.Cc1ccc(C)c2sc(-c3cccnc3)nc12.Cc1ccc(C)c2sc(-c3ccncc3)nc12.Cc1ccc(C)c2sc(-c3ccncc3)nc12. The van der Waals surface area contributed by atoms with Crippen molar-refractivity contribution < 1.29 is 0 Å². The lowest BCUT2D eigenvalue weighted by atomic mass is 10.1. The van der Waals surface area contributed by atoms with E-state index in [1.54, 1.807) is 100 Å². The third-order valence-electron chi connectivity index (χ3n) is 14.3. The van der Waals surface area contributed by atoms with Crippen molar-refractivity contribution in [1.82, 2.24) is 64.5 Å². The lowest BCUT2D eigenvalue weighted by molar-refractivity contribution is 0.505. The summed E-state index contributed by atoms with van der Waals surface area (Å²) in [6.45, 7) is 29.2. The van der Waals surface area contributed by atoms with Gasteiger partial charge < -0.3 is 14.7 Å². The van der Waals surface area contributed by atoms with Crippen LogP contribution in [0.1, 0.15) is 83.3 Å². The summed E-state index contributed by atoms with van der Waals surface area (Å²) in [5.41, 5.74) is 23.6. The molecule has 0 fully saturated rings. The summed E-state index contributed by atoms with van der Waals surface area (Å²) in [5, 5.41) is 5.23. The maximum atomic E-state index is 4.73. The Morgan fingerprint density at radius 3 is 0.723 bits per heavy atom. The fourth-order valence-electron chi connectivity index (χ4n) is 9.36. The molecule has 526 valence electrons. The van der Waals surface area contributed by atoms with Crippen LogP contribution in [0.3, 0.4) is 0 Å². The van der Waals surface area contributed by atoms with Crippen LogP contribution in [0.5, 0.6) is 0 Å². The van der Waals surface area contributed by atoms with Crippen molar-refractivity contribution in [3.05, 3.63) is 239 Å². The predicted octanol–water partition coefficient (Wildman–Crippen LogP) is 22.5. The van der Waals surface area contributed by atoms with Crippen molar-refractivity contribution in [1.29, 1.82) is 0 Å². The zero-order chi connectivity index (χ0) is 73.9. The normalized spacial score (nSPS) is 10.4. The fourth-order valence-corrected chi connectivity index (χ4v) is 14.9. The van der Waals surface area contributed by atoms with E-state index in [2.05, 4.69) is 167 Å². The highest BCUT2D eigenvalue weighted by Crippen LogP contribution is 2.38. The third kappa shape index (κ3) is 23.4. The van der Waals surface area contributed by atoms with Crippen LogP contribution in [0.25, 0.3) is 104 Å². The summed E-state index contributed by atoms with van der Waals surface area (Å²) < 4.78 is 6.41. The Morgan fingerprint density at radius 1 is 0.238 bits per heavy atom. The van der Waals surface area contributed by atoms with E-state index < -0.39 is 0 Å². The minimum Gasteiger partial charge on any atom is -0.312 e. The highest BCUT2D eigenvalue weighted by atomic mass is 32.1. The number of nitrogens with zero attached hydrogens (tertiary/aromatic N) is 13. The van der Waals surface area contributed by atoms with Gasteiger partial charge in [0.05, 0.1) is 56.8 Å². The Hall–Kier alpha value is -8.82. The smallest absolute Gasteiger partial charge is 0.143 e. The van der Waals surface area contributed by atoms with Crippen LogP contribution in [0.2, 0.25) is 0 Å². The summed E-state index contributed by atoms with van der Waals surface area (Å²) in [5.74, 6) is 0. The van der Waals surface area contributed by atoms with Gasteiger partial charge >= 0.3 is 0 Å². The van der Waals surface area contributed by atoms with Crippen LogP contribution in [-0.2, 0) is 0 Å². The lowest BCUT2D eigenvalue weighted by Gasteiger charge is -1.96. The lowest BCUT2D eigenvalue weighted by Crippen LogP contribution is -1.99. The van der Waals surface area contributed by atoms with Gasteiger partial charge in [0.2, 0.25) is 0 Å². The molecule has 0 bridgehead atoms. The molecule has 0 aliphatic carbocycles. The molecule has 0 unspecified atom stereocenters. The molecular weight excluding hydrogens is 1340 g/mol. The molecule has 18 heteroatoms. The summed E-state index contributed by atoms with van der Waals surface area (Å²) in [7, 11) is 18.0. The molecular formula is C83H99N13S5. The molecule has 10 aromatic heterocycles. The zero-order valence-electron chi connectivity index (χ0n) is 63.2. The van der Waals surface area contributed by atoms with Crippen LogP contribution in [0, 0.1) is 69.2 Å². The van der Waals surface area contributed by atoms with Crippen molar-refractivity contribution in [3.63, 3.8) is 0 Å². The Morgan fingerprint density at radius 2 is 0.485 bits per heavy atom. The van der Waals surface area contributed by atoms with Gasteiger partial charge in [-0.05, 0) is 249 Å². The van der Waals surface area contributed by atoms with E-state index in [0.29, 0.717) is 0 Å². The number of thiazole rings is 5. The molecule has 0 amide bonds. The van der Waals surface area contributed by atoms with E-state index in [1.165, 1.54) is 79.1 Å². The number of rotatable bonds is 5. The number of hydrogen-bond donors (Lipinski definition) is 0. The molecule has 0 N–H and O–H groups in total. The van der Waals surface area contributed by atoms with Gasteiger partial charge in [-0.15, -0.1) is 56.7 Å². The second-order valence-corrected chi connectivity index (χ2v) is 29.7. The second kappa shape index (κ2) is 40.6. The fraction of sp³-hybridized carbons (Fsp3) is 0.277. The average Bonchev–Trinajstić information content (AvgIpc) is 1.70. The van der Waals surface area contributed by atoms with E-state index in [4.69, 9.17) is 24.9 Å². The largest absolute Gasteiger partial charge is 0.312 e. The number of hydrogen-bond acceptors (Lipinski definition) is 18. The molecule has 15 rings (SSSR count). The number of aryl methyl sites for hydroxylation is 10. The highest BCUT2D eigenvalue weighted by Gasteiger charge is 2.15. The molecule has 0 aliphatic heterocycles. The average molecular weight is 1440 g/mol. The molecule has 10 heterocycles. The topological polar surface area (TPSA) is 139 Å². The van der Waals surface area contributed by atoms with Crippen molar-refractivity contribution in [2.24, 2.45) is 0 Å². The summed E-state index contributed by atoms with van der Waals surface area (Å²) in [6, 6.07) is 43.4. The van der Waals surface area contributed by atoms with E-state index in [-0.39, 0.29) is 0 Å². The molecule has 15 aromatic rings. The standard InChI is InChI=1S/5C14H12N2S.3C3H9N.2C2H6/c2*1-9-3-4-10(2)13-12(9)16-14(17-13)11-5-7-15-8-6-11;2*1-9-5-6-10(2)13-12(9)16-14(17-13)11-4-3-7-15-8-11;1-9-6-7-10(2)13-12(9)16-14(17-13)11-5-3-4-8-15-11;3*1-4(2)3;2*1-2/h5*3-8H,1-2H3;3*1-3H3;2*1-2H3. The number of benzene rings is 5. The van der Waals surface area contributed by atoms with E-state index >= 15 is 0 Å². The maximum absolute atomic E-state index is 4.73. The summed E-state index contributed by atoms with van der Waals surface area (Å²) in [4.78, 5) is 50.3. The Kier molecular flexibility index (Phi) is 32.6. The van der Waals surface area contributed by atoms with E-state index in [1.807, 2.05) is 173 Å². The number of aromatic nitrogens is 10. The van der Waals surface area contributed by atoms with E-state index in [9.17, 15) is 0 Å². The maximum Gasteiger partial charge on any atom is 0.143 e. The summed E-state index contributed by atoms with van der Waals surface area (Å²) >= 11 is 8.70. The van der Waals surface area contributed by atoms with Gasteiger partial charge in [-0.2, -0.15) is 0 Å². The van der Waals surface area contributed by atoms with Crippen molar-refractivity contribution in [2.75, 3.05) is 63.4 Å². The summed E-state index contributed by atoms with van der Waals surface area (Å²) in [6.07, 6.45) is 16.3. The monoisotopic (exact) mass is 1440 g/mol. The van der Waals surface area contributed by atoms with E-state index in [0.717, 1.165) is 80.6 Å². The van der Waals surface area contributed by atoms with Gasteiger partial charge in [-0.25, -0.2) is 24.9 Å². The number of pyridine rings is 5. The first-order valence-corrected chi connectivity index (χ1v) is 37.8. The van der Waals surface area contributed by atoms with Gasteiger partial charge in [-0.1, -0.05) is 94.4 Å².